The molecule has 0 bridgehead atoms. The zero-order chi connectivity index (χ0) is 11.3. The van der Waals surface area contributed by atoms with Crippen LogP contribution in [-0.4, -0.2) is 23.8 Å². The van der Waals surface area contributed by atoms with Crippen LogP contribution in [-0.2, 0) is 14.3 Å². The van der Waals surface area contributed by atoms with E-state index in [4.69, 9.17) is 0 Å². The molecule has 4 nitrogen and oxygen atoms in total. The second-order valence-corrected chi connectivity index (χ2v) is 1.78. The molecule has 0 unspecified atom stereocenters. The number of carbonyl (C=O) groups excluding carboxylic acids is 2. The van der Waals surface area contributed by atoms with Gasteiger partial charge in [-0.2, -0.15) is 8.78 Å². The number of hydrogen-bond donors (Lipinski definition) is 0. The predicted molar refractivity (Wildman–Crippen MR) is 30.4 cm³/mol. The molecule has 0 aliphatic heterocycles. The van der Waals surface area contributed by atoms with Gasteiger partial charge < -0.3 is 4.74 Å². The van der Waals surface area contributed by atoms with Crippen LogP contribution in [0.1, 0.15) is 0 Å². The van der Waals surface area contributed by atoms with Gasteiger partial charge in [-0.15, -0.1) is 0 Å². The minimum Gasteiger partial charge on any atom is -0.451 e. The Labute approximate surface area is 73.4 Å². The molecule has 80 valence electrons. The summed E-state index contributed by atoms with van der Waals surface area (Å²) in [6.07, 6.45) is -2.76. The minimum absolute atomic E-state index is 1.57. The molecule has 0 N–H and O–H groups in total. The fraction of sp³-hybridized carbons (Fsp3) is 0.200. The van der Waals surface area contributed by atoms with Gasteiger partial charge in [0.2, 0.25) is 5.83 Å². The number of ether oxygens (including phenoxy) is 1. The third kappa shape index (κ3) is 3.83. The highest BCUT2D eigenvalue weighted by molar-refractivity contribution is 6.31. The Morgan fingerprint density at radius 1 is 1.14 bits per heavy atom. The maximum Gasteiger partial charge on any atom is 0.402 e. The summed E-state index contributed by atoms with van der Waals surface area (Å²) in [5.41, 5.74) is 0. The normalized spacial score (nSPS) is 9.21. The lowest BCUT2D eigenvalue weighted by atomic mass is 10.6. The van der Waals surface area contributed by atoms with E-state index in [2.05, 4.69) is 4.74 Å². The van der Waals surface area contributed by atoms with Crippen LogP contribution >= 0.6 is 0 Å². The third-order valence-electron chi connectivity index (χ3n) is 0.863. The summed E-state index contributed by atoms with van der Waals surface area (Å²) in [6, 6.07) is 0. The van der Waals surface area contributed by atoms with Gasteiger partial charge in [0, 0.05) is 5.34 Å². The van der Waals surface area contributed by atoms with Gasteiger partial charge in [0.05, 0.1) is 0 Å². The predicted octanol–water partition coefficient (Wildman–Crippen LogP) is 1.20. The summed E-state index contributed by atoms with van der Waals surface area (Å²) in [5.74, 6) is -6.63. The summed E-state index contributed by atoms with van der Waals surface area (Å²) in [4.78, 5) is 20.2. The molecule has 0 saturated carbocycles. The molecule has 0 heterocycles. The van der Waals surface area contributed by atoms with Gasteiger partial charge in [-0.3, -0.25) is 4.79 Å². The highest BCUT2D eigenvalue weighted by atomic mass is 19.4. The van der Waals surface area contributed by atoms with Gasteiger partial charge >= 0.3 is 18.0 Å². The Hall–Kier alpha value is -1.67. The van der Waals surface area contributed by atoms with Crippen molar-refractivity contribution in [2.45, 2.75) is 0 Å². The van der Waals surface area contributed by atoms with E-state index in [0.29, 0.717) is 0 Å². The molecule has 0 fully saturated rings. The summed E-state index contributed by atoms with van der Waals surface area (Å²) in [5, 5.41) is -2.12. The summed E-state index contributed by atoms with van der Waals surface area (Å²) >= 11 is 0. The molecule has 0 radical (unpaired) electrons. The number of halogens is 5. The van der Waals surface area contributed by atoms with Gasteiger partial charge in [0.1, 0.15) is 6.61 Å². The van der Waals surface area contributed by atoms with E-state index < -0.39 is 35.7 Å². The Morgan fingerprint density at radius 3 is 2.00 bits per heavy atom. The molecule has 0 aromatic carbocycles. The van der Waals surface area contributed by atoms with E-state index in [9.17, 15) is 31.7 Å². The van der Waals surface area contributed by atoms with E-state index in [1.165, 1.54) is 0 Å². The van der Waals surface area contributed by atoms with Crippen molar-refractivity contribution in [1.82, 2.24) is 5.34 Å². The first-order valence-corrected chi connectivity index (χ1v) is 2.88. The molecule has 1 amide bonds. The van der Waals surface area contributed by atoms with Crippen molar-refractivity contribution in [3.8, 4) is 0 Å². The quantitative estimate of drug-likeness (QED) is 0.303. The van der Waals surface area contributed by atoms with E-state index >= 15 is 0 Å². The van der Waals surface area contributed by atoms with Crippen LogP contribution in [0.15, 0.2) is 11.9 Å². The molecule has 0 rings (SSSR count). The van der Waals surface area contributed by atoms with Crippen molar-refractivity contribution in [2.75, 3.05) is 6.61 Å². The summed E-state index contributed by atoms with van der Waals surface area (Å²) < 4.78 is 60.6. The highest BCUT2D eigenvalue weighted by Crippen LogP contribution is 2.09. The second kappa shape index (κ2) is 5.14. The number of esters is 1. The number of nitrogens with zero attached hydrogens (tertiary/aromatic N) is 1. The number of rotatable bonds is 2. The molecule has 0 atom stereocenters. The molecule has 0 saturated heterocycles. The maximum atomic E-state index is 11.9. The molecule has 0 aliphatic rings. The van der Waals surface area contributed by atoms with Crippen molar-refractivity contribution in [2.24, 2.45) is 0 Å². The zero-order valence-electron chi connectivity index (χ0n) is 6.27. The second-order valence-electron chi connectivity index (χ2n) is 1.78. The van der Waals surface area contributed by atoms with Gasteiger partial charge in [0.15, 0.2) is 0 Å². The first-order valence-electron chi connectivity index (χ1n) is 2.88. The first kappa shape index (κ1) is 12.3. The smallest absolute Gasteiger partial charge is 0.402 e. The van der Waals surface area contributed by atoms with Crippen LogP contribution in [0.5, 0.6) is 0 Å². The standard InChI is InChI=1S/C5H2F5NO3/c6-2(3(7)8)1-14-5(13)4(12)11(9)10/h1H2. The van der Waals surface area contributed by atoms with Crippen molar-refractivity contribution >= 4 is 11.9 Å². The largest absolute Gasteiger partial charge is 0.451 e. The average molecular weight is 219 g/mol. The molecule has 0 spiro atoms. The van der Waals surface area contributed by atoms with E-state index in [0.717, 1.165) is 0 Å². The number of hydrogen-bond acceptors (Lipinski definition) is 3. The SMILES string of the molecule is O=C(OCC(F)=C(F)F)C(=O)N(F)F. The van der Waals surface area contributed by atoms with Gasteiger partial charge in [-0.05, 0) is 0 Å². The van der Waals surface area contributed by atoms with Crippen molar-refractivity contribution in [1.29, 1.82) is 0 Å². The van der Waals surface area contributed by atoms with E-state index in [1.54, 1.807) is 0 Å². The van der Waals surface area contributed by atoms with Crippen LogP contribution in [0.4, 0.5) is 22.1 Å². The fourth-order valence-electron chi connectivity index (χ4n) is 0.314. The Kier molecular flexibility index (Phi) is 4.53. The minimum atomic E-state index is -2.76. The lowest BCUT2D eigenvalue weighted by Gasteiger charge is -2.01. The maximum absolute atomic E-state index is 11.9. The van der Waals surface area contributed by atoms with E-state index in [-0.39, 0.29) is 0 Å². The molecule has 0 aromatic heterocycles. The molecule has 14 heavy (non-hydrogen) atoms. The third-order valence-corrected chi connectivity index (χ3v) is 0.863. The van der Waals surface area contributed by atoms with Crippen molar-refractivity contribution in [3.63, 3.8) is 0 Å². The zero-order valence-corrected chi connectivity index (χ0v) is 6.27. The lowest BCUT2D eigenvalue weighted by molar-refractivity contribution is -0.196. The first-order chi connectivity index (χ1) is 6.36. The lowest BCUT2D eigenvalue weighted by Crippen LogP contribution is -2.26. The highest BCUT2D eigenvalue weighted by Gasteiger charge is 2.24. The molecular weight excluding hydrogens is 217 g/mol. The Morgan fingerprint density at radius 2 is 1.64 bits per heavy atom. The van der Waals surface area contributed by atoms with Crippen LogP contribution in [0.25, 0.3) is 0 Å². The number of carbonyl (C=O) groups is 2. The topological polar surface area (TPSA) is 46.6 Å². The molecular formula is C5H2F5NO3. The summed E-state index contributed by atoms with van der Waals surface area (Å²) in [7, 11) is 0. The van der Waals surface area contributed by atoms with Gasteiger partial charge in [0.25, 0.3) is 0 Å². The van der Waals surface area contributed by atoms with Gasteiger partial charge in [-0.25, -0.2) is 9.18 Å². The number of amides is 1. The summed E-state index contributed by atoms with van der Waals surface area (Å²) in [6.45, 7) is -1.57. The van der Waals surface area contributed by atoms with Crippen molar-refractivity contribution in [3.05, 3.63) is 11.9 Å². The average Bonchev–Trinajstić information content (AvgIpc) is 2.11. The molecule has 9 heteroatoms. The van der Waals surface area contributed by atoms with Crippen LogP contribution in [0.3, 0.4) is 0 Å². The fourth-order valence-corrected chi connectivity index (χ4v) is 0.314. The van der Waals surface area contributed by atoms with Crippen LogP contribution < -0.4 is 0 Å². The monoisotopic (exact) mass is 219 g/mol. The molecule has 0 aliphatic carbocycles. The van der Waals surface area contributed by atoms with Gasteiger partial charge in [-0.1, -0.05) is 8.96 Å². The Bertz CT molecular complexity index is 273. The Balaban J connectivity index is 4.11. The van der Waals surface area contributed by atoms with E-state index in [1.807, 2.05) is 0 Å². The van der Waals surface area contributed by atoms with Crippen LogP contribution in [0, 0.1) is 0 Å². The van der Waals surface area contributed by atoms with Crippen molar-refractivity contribution < 1.29 is 36.5 Å². The molecule has 0 aromatic rings. The van der Waals surface area contributed by atoms with Crippen LogP contribution in [0.2, 0.25) is 0 Å².